The van der Waals surface area contributed by atoms with Gasteiger partial charge in [0.25, 0.3) is 11.8 Å². The number of ether oxygens (including phenoxy) is 1. The molecule has 1 N–H and O–H groups in total. The molecule has 25 heavy (non-hydrogen) atoms. The lowest BCUT2D eigenvalue weighted by Crippen LogP contribution is -2.32. The number of rotatable bonds is 4. The first-order valence-corrected chi connectivity index (χ1v) is 7.38. The molecule has 0 saturated heterocycles. The van der Waals surface area contributed by atoms with E-state index in [0.717, 1.165) is 23.1 Å². The van der Waals surface area contributed by atoms with Gasteiger partial charge in [-0.15, -0.1) is 0 Å². The van der Waals surface area contributed by atoms with E-state index in [1.165, 1.54) is 14.0 Å². The first-order valence-electron chi connectivity index (χ1n) is 7.38. The van der Waals surface area contributed by atoms with Crippen molar-refractivity contribution in [3.05, 3.63) is 65.4 Å². The van der Waals surface area contributed by atoms with Crippen molar-refractivity contribution in [2.45, 2.75) is 6.92 Å². The van der Waals surface area contributed by atoms with E-state index in [0.29, 0.717) is 5.75 Å². The van der Waals surface area contributed by atoms with Crippen LogP contribution in [0.5, 0.6) is 5.75 Å². The van der Waals surface area contributed by atoms with Crippen LogP contribution in [0.25, 0.3) is 0 Å². The number of para-hydroxylation sites is 2. The molecular formula is C18H14F2N2O3. The summed E-state index contributed by atoms with van der Waals surface area (Å²) in [6.45, 7) is 1.31. The van der Waals surface area contributed by atoms with Crippen LogP contribution in [0.15, 0.2) is 48.2 Å². The summed E-state index contributed by atoms with van der Waals surface area (Å²) in [4.78, 5) is 25.7. The van der Waals surface area contributed by atoms with Gasteiger partial charge in [-0.25, -0.2) is 13.7 Å². The minimum Gasteiger partial charge on any atom is -0.495 e. The van der Waals surface area contributed by atoms with Crippen LogP contribution >= 0.6 is 0 Å². The Hall–Kier alpha value is -3.22. The molecule has 0 spiro atoms. The number of methoxy groups -OCH3 is 1. The van der Waals surface area contributed by atoms with Gasteiger partial charge in [0.15, 0.2) is 0 Å². The normalized spacial score (nSPS) is 13.9. The van der Waals surface area contributed by atoms with Gasteiger partial charge >= 0.3 is 0 Å². The van der Waals surface area contributed by atoms with Gasteiger partial charge in [-0.05, 0) is 31.2 Å². The van der Waals surface area contributed by atoms with Crippen LogP contribution in [0.4, 0.5) is 20.2 Å². The number of carbonyl (C=O) groups excluding carboxylic acids is 2. The van der Waals surface area contributed by atoms with Crippen LogP contribution in [0.2, 0.25) is 0 Å². The van der Waals surface area contributed by atoms with Crippen molar-refractivity contribution in [1.29, 1.82) is 0 Å². The lowest BCUT2D eigenvalue weighted by Gasteiger charge is -2.18. The van der Waals surface area contributed by atoms with E-state index in [4.69, 9.17) is 4.74 Å². The van der Waals surface area contributed by atoms with Gasteiger partial charge in [-0.1, -0.05) is 12.1 Å². The number of benzene rings is 2. The Kier molecular flexibility index (Phi) is 4.22. The van der Waals surface area contributed by atoms with Gasteiger partial charge in [-0.2, -0.15) is 0 Å². The van der Waals surface area contributed by atoms with Gasteiger partial charge in [0, 0.05) is 17.3 Å². The molecule has 0 bridgehead atoms. The van der Waals surface area contributed by atoms with Crippen LogP contribution in [0.3, 0.4) is 0 Å². The Morgan fingerprint density at radius 1 is 1.08 bits per heavy atom. The summed E-state index contributed by atoms with van der Waals surface area (Å²) in [7, 11) is 1.42. The van der Waals surface area contributed by atoms with Crippen molar-refractivity contribution in [1.82, 2.24) is 0 Å². The quantitative estimate of drug-likeness (QED) is 0.866. The molecule has 0 unspecified atom stereocenters. The standard InChI is InChI=1S/C18H14F2N2O3/c1-10-12(19)7-11(8-13(10)20)21-14-9-17(23)22(18(14)24)15-5-3-4-6-16(15)25-2/h3-9,21H,1-2H3. The highest BCUT2D eigenvalue weighted by Gasteiger charge is 2.34. The highest BCUT2D eigenvalue weighted by molar-refractivity contribution is 6.31. The molecule has 0 saturated carbocycles. The van der Waals surface area contributed by atoms with Crippen molar-refractivity contribution in [2.75, 3.05) is 17.3 Å². The average Bonchev–Trinajstić information content (AvgIpc) is 2.86. The zero-order valence-electron chi connectivity index (χ0n) is 13.5. The van der Waals surface area contributed by atoms with Crippen molar-refractivity contribution in [3.63, 3.8) is 0 Å². The number of hydrogen-bond donors (Lipinski definition) is 1. The van der Waals surface area contributed by atoms with Gasteiger partial charge < -0.3 is 10.1 Å². The molecule has 128 valence electrons. The van der Waals surface area contributed by atoms with Crippen LogP contribution in [-0.4, -0.2) is 18.9 Å². The number of amides is 2. The number of halogens is 2. The van der Waals surface area contributed by atoms with E-state index in [1.54, 1.807) is 24.3 Å². The third-order valence-corrected chi connectivity index (χ3v) is 3.81. The van der Waals surface area contributed by atoms with Crippen molar-refractivity contribution >= 4 is 23.2 Å². The van der Waals surface area contributed by atoms with Crippen LogP contribution < -0.4 is 15.0 Å². The molecule has 0 aliphatic carbocycles. The maximum absolute atomic E-state index is 13.6. The lowest BCUT2D eigenvalue weighted by molar-refractivity contribution is -0.120. The van der Waals surface area contributed by atoms with E-state index < -0.39 is 23.4 Å². The van der Waals surface area contributed by atoms with E-state index in [1.807, 2.05) is 0 Å². The molecule has 0 radical (unpaired) electrons. The van der Waals surface area contributed by atoms with Gasteiger partial charge in [0.2, 0.25) is 0 Å². The average molecular weight is 344 g/mol. The molecule has 2 amide bonds. The van der Waals surface area contributed by atoms with E-state index in [2.05, 4.69) is 5.32 Å². The fourth-order valence-electron chi connectivity index (χ4n) is 2.48. The first kappa shape index (κ1) is 16.6. The number of nitrogens with one attached hydrogen (secondary N) is 1. The Morgan fingerprint density at radius 3 is 2.36 bits per heavy atom. The Morgan fingerprint density at radius 2 is 1.72 bits per heavy atom. The predicted molar refractivity (Wildman–Crippen MR) is 88.3 cm³/mol. The minimum atomic E-state index is -0.749. The van der Waals surface area contributed by atoms with Crippen molar-refractivity contribution < 1.29 is 23.1 Å². The minimum absolute atomic E-state index is 0.0369. The smallest absolute Gasteiger partial charge is 0.282 e. The highest BCUT2D eigenvalue weighted by Crippen LogP contribution is 2.32. The van der Waals surface area contributed by atoms with Crippen LogP contribution in [0, 0.1) is 18.6 Å². The second-order valence-corrected chi connectivity index (χ2v) is 5.40. The summed E-state index contributed by atoms with van der Waals surface area (Å²) >= 11 is 0. The van der Waals surface area contributed by atoms with Gasteiger partial charge in [0.05, 0.1) is 12.8 Å². The molecule has 0 atom stereocenters. The summed E-state index contributed by atoms with van der Waals surface area (Å²) in [5.41, 5.74) is 0.117. The van der Waals surface area contributed by atoms with Crippen molar-refractivity contribution in [2.24, 2.45) is 0 Å². The number of nitrogens with zero attached hydrogens (tertiary/aromatic N) is 1. The molecule has 7 heteroatoms. The van der Waals surface area contributed by atoms with E-state index in [-0.39, 0.29) is 22.6 Å². The van der Waals surface area contributed by atoms with Gasteiger partial charge in [-0.3, -0.25) is 9.59 Å². The molecule has 0 fully saturated rings. The molecular weight excluding hydrogens is 330 g/mol. The molecule has 3 rings (SSSR count). The van der Waals surface area contributed by atoms with E-state index >= 15 is 0 Å². The number of carbonyl (C=O) groups is 2. The van der Waals surface area contributed by atoms with Gasteiger partial charge in [0.1, 0.15) is 23.1 Å². The molecule has 2 aromatic rings. The zero-order valence-corrected chi connectivity index (χ0v) is 13.5. The molecule has 1 heterocycles. The molecule has 1 aliphatic heterocycles. The largest absolute Gasteiger partial charge is 0.495 e. The summed E-state index contributed by atoms with van der Waals surface area (Å²) in [6.07, 6.45) is 1.07. The van der Waals surface area contributed by atoms with E-state index in [9.17, 15) is 18.4 Å². The first-order chi connectivity index (χ1) is 11.9. The fraction of sp³-hybridized carbons (Fsp3) is 0.111. The third kappa shape index (κ3) is 2.96. The maximum atomic E-state index is 13.6. The highest BCUT2D eigenvalue weighted by atomic mass is 19.1. The number of hydrogen-bond acceptors (Lipinski definition) is 4. The fourth-order valence-corrected chi connectivity index (χ4v) is 2.48. The molecule has 0 aromatic heterocycles. The zero-order chi connectivity index (χ0) is 18.1. The lowest BCUT2D eigenvalue weighted by atomic mass is 10.2. The topological polar surface area (TPSA) is 58.6 Å². The Labute approximate surface area is 142 Å². The molecule has 2 aromatic carbocycles. The Balaban J connectivity index is 1.90. The number of anilines is 2. The summed E-state index contributed by atoms with van der Waals surface area (Å²) in [5, 5.41) is 2.60. The number of imide groups is 1. The summed E-state index contributed by atoms with van der Waals surface area (Å²) in [6, 6.07) is 8.67. The molecule has 1 aliphatic rings. The molecule has 5 nitrogen and oxygen atoms in total. The predicted octanol–water partition coefficient (Wildman–Crippen LogP) is 3.15. The van der Waals surface area contributed by atoms with Crippen LogP contribution in [0.1, 0.15) is 5.56 Å². The monoisotopic (exact) mass is 344 g/mol. The third-order valence-electron chi connectivity index (χ3n) is 3.81. The second kappa shape index (κ2) is 6.35. The van der Waals surface area contributed by atoms with Crippen LogP contribution in [-0.2, 0) is 9.59 Å². The second-order valence-electron chi connectivity index (χ2n) is 5.40. The summed E-state index contributed by atoms with van der Waals surface area (Å²) in [5.74, 6) is -2.37. The maximum Gasteiger partial charge on any atom is 0.282 e. The summed E-state index contributed by atoms with van der Waals surface area (Å²) < 4.78 is 32.5. The Bertz CT molecular complexity index is 886. The SMILES string of the molecule is COc1ccccc1N1C(=O)C=C(Nc2cc(F)c(C)c(F)c2)C1=O. The van der Waals surface area contributed by atoms with Crippen molar-refractivity contribution in [3.8, 4) is 5.75 Å².